The molecule has 0 radical (unpaired) electrons. The number of nitrogens with one attached hydrogen (secondary N) is 2. The van der Waals surface area contributed by atoms with E-state index in [9.17, 15) is 9.59 Å². The van der Waals surface area contributed by atoms with Crippen LogP contribution in [-0.4, -0.2) is 25.3 Å². The van der Waals surface area contributed by atoms with Crippen LogP contribution in [0, 0.1) is 0 Å². The molecule has 0 aliphatic rings. The monoisotopic (exact) mass is 514 g/mol. The molecule has 0 aromatic heterocycles. The molecule has 0 heterocycles. The lowest BCUT2D eigenvalue weighted by Crippen LogP contribution is -2.28. The number of ether oxygens (including phenoxy) is 4. The van der Waals surface area contributed by atoms with Crippen LogP contribution in [0.15, 0.2) is 84.9 Å². The Balaban J connectivity index is 1.95. The molecule has 4 rings (SSSR count). The SMILES string of the molecule is CCCNC(=O)Oc1c(Oc2ccccc2)c(Oc2ccccc2)c(OC(=O)NCCC)c2ccccc12. The van der Waals surface area contributed by atoms with Gasteiger partial charge in [-0.3, -0.25) is 0 Å². The van der Waals surface area contributed by atoms with Crippen molar-refractivity contribution in [3.05, 3.63) is 84.9 Å². The number of carbonyl (C=O) groups excluding carboxylic acids is 2. The maximum Gasteiger partial charge on any atom is 0.412 e. The van der Waals surface area contributed by atoms with E-state index in [1.54, 1.807) is 48.5 Å². The van der Waals surface area contributed by atoms with E-state index in [2.05, 4.69) is 10.6 Å². The van der Waals surface area contributed by atoms with Crippen molar-refractivity contribution in [2.24, 2.45) is 0 Å². The number of hydrogen-bond acceptors (Lipinski definition) is 6. The maximum atomic E-state index is 12.7. The van der Waals surface area contributed by atoms with Gasteiger partial charge in [-0.15, -0.1) is 0 Å². The van der Waals surface area contributed by atoms with Gasteiger partial charge in [-0.05, 0) is 37.1 Å². The van der Waals surface area contributed by atoms with Crippen molar-refractivity contribution in [2.45, 2.75) is 26.7 Å². The average Bonchev–Trinajstić information content (AvgIpc) is 2.95. The summed E-state index contributed by atoms with van der Waals surface area (Å²) in [6.45, 7) is 4.78. The van der Waals surface area contributed by atoms with Gasteiger partial charge in [0.2, 0.25) is 11.5 Å². The third kappa shape index (κ3) is 6.53. The van der Waals surface area contributed by atoms with Crippen LogP contribution in [0.5, 0.6) is 34.5 Å². The zero-order valence-electron chi connectivity index (χ0n) is 21.4. The predicted molar refractivity (Wildman–Crippen MR) is 146 cm³/mol. The van der Waals surface area contributed by atoms with E-state index in [0.29, 0.717) is 35.4 Å². The van der Waals surface area contributed by atoms with Gasteiger partial charge in [-0.2, -0.15) is 0 Å². The Morgan fingerprint density at radius 3 is 1.29 bits per heavy atom. The molecule has 0 atom stereocenters. The Labute approximate surface area is 221 Å². The number of para-hydroxylation sites is 2. The number of hydrogen-bond donors (Lipinski definition) is 2. The molecule has 38 heavy (non-hydrogen) atoms. The van der Waals surface area contributed by atoms with Crippen molar-refractivity contribution in [3.63, 3.8) is 0 Å². The predicted octanol–water partition coefficient (Wildman–Crippen LogP) is 7.42. The van der Waals surface area contributed by atoms with E-state index in [-0.39, 0.29) is 23.0 Å². The molecular formula is C30H30N2O6. The number of fused-ring (bicyclic) bond motifs is 1. The molecule has 0 saturated heterocycles. The number of rotatable bonds is 10. The molecule has 196 valence electrons. The first kappa shape index (κ1) is 26.3. The lowest BCUT2D eigenvalue weighted by molar-refractivity contribution is 0.196. The van der Waals surface area contributed by atoms with Crippen LogP contribution < -0.4 is 29.6 Å². The summed E-state index contributed by atoms with van der Waals surface area (Å²) in [5, 5.41) is 6.45. The lowest BCUT2D eigenvalue weighted by Gasteiger charge is -2.21. The van der Waals surface area contributed by atoms with Crippen LogP contribution in [0.3, 0.4) is 0 Å². The third-order valence-electron chi connectivity index (χ3n) is 5.39. The summed E-state index contributed by atoms with van der Waals surface area (Å²) in [6, 6.07) is 25.1. The molecule has 0 unspecified atom stereocenters. The van der Waals surface area contributed by atoms with Gasteiger partial charge in [0.25, 0.3) is 0 Å². The largest absolute Gasteiger partial charge is 0.449 e. The molecule has 4 aromatic rings. The van der Waals surface area contributed by atoms with Gasteiger partial charge < -0.3 is 29.6 Å². The summed E-state index contributed by atoms with van der Waals surface area (Å²) >= 11 is 0. The minimum Gasteiger partial charge on any atom is -0.449 e. The first-order chi connectivity index (χ1) is 18.6. The molecular weight excluding hydrogens is 484 g/mol. The topological polar surface area (TPSA) is 95.1 Å². The van der Waals surface area contributed by atoms with Crippen molar-refractivity contribution in [3.8, 4) is 34.5 Å². The summed E-state index contributed by atoms with van der Waals surface area (Å²) in [4.78, 5) is 25.5. The summed E-state index contributed by atoms with van der Waals surface area (Å²) in [7, 11) is 0. The Morgan fingerprint density at radius 2 is 0.921 bits per heavy atom. The van der Waals surface area contributed by atoms with Gasteiger partial charge in [0, 0.05) is 23.9 Å². The number of carbonyl (C=O) groups is 2. The maximum absolute atomic E-state index is 12.7. The van der Waals surface area contributed by atoms with Crippen LogP contribution in [0.1, 0.15) is 26.7 Å². The summed E-state index contributed by atoms with van der Waals surface area (Å²) in [6.07, 6.45) is 0.195. The quantitative estimate of drug-likeness (QED) is 0.229. The second-order valence-corrected chi connectivity index (χ2v) is 8.32. The fourth-order valence-electron chi connectivity index (χ4n) is 3.64. The highest BCUT2D eigenvalue weighted by atomic mass is 16.6. The van der Waals surface area contributed by atoms with Gasteiger partial charge in [0.15, 0.2) is 11.5 Å². The first-order valence-electron chi connectivity index (χ1n) is 12.6. The molecule has 2 amide bonds. The van der Waals surface area contributed by atoms with Gasteiger partial charge >= 0.3 is 12.2 Å². The van der Waals surface area contributed by atoms with E-state index >= 15 is 0 Å². The third-order valence-corrected chi connectivity index (χ3v) is 5.39. The Morgan fingerprint density at radius 1 is 0.553 bits per heavy atom. The standard InChI is InChI=1S/C30H30N2O6/c1-3-19-31-29(33)37-25-23-17-11-12-18-24(23)26(38-30(34)32-20-4-2)28(36-22-15-9-6-10-16-22)27(25)35-21-13-7-5-8-14-21/h5-18H,3-4,19-20H2,1-2H3,(H,31,33)(H,32,34). The van der Waals surface area contributed by atoms with E-state index in [1.165, 1.54) is 0 Å². The Bertz CT molecular complexity index is 1270. The normalized spacial score (nSPS) is 10.5. The van der Waals surface area contributed by atoms with Crippen molar-refractivity contribution < 1.29 is 28.5 Å². The minimum atomic E-state index is -0.644. The highest BCUT2D eigenvalue weighted by Gasteiger charge is 2.29. The Kier molecular flexibility index (Phi) is 9.02. The molecule has 0 saturated carbocycles. The first-order valence-corrected chi connectivity index (χ1v) is 12.6. The van der Waals surface area contributed by atoms with Crippen molar-refractivity contribution in [2.75, 3.05) is 13.1 Å². The van der Waals surface area contributed by atoms with Crippen molar-refractivity contribution in [1.29, 1.82) is 0 Å². The highest BCUT2D eigenvalue weighted by molar-refractivity contribution is 6.01. The fraction of sp³-hybridized carbons (Fsp3) is 0.200. The van der Waals surface area contributed by atoms with Crippen LogP contribution in [0.4, 0.5) is 9.59 Å². The van der Waals surface area contributed by atoms with Crippen LogP contribution >= 0.6 is 0 Å². The molecule has 0 aliphatic carbocycles. The summed E-state index contributed by atoms with van der Waals surface area (Å²) in [5.41, 5.74) is 0. The fourth-order valence-corrected chi connectivity index (χ4v) is 3.64. The van der Waals surface area contributed by atoms with Gasteiger partial charge in [0.05, 0.1) is 0 Å². The van der Waals surface area contributed by atoms with Crippen LogP contribution in [-0.2, 0) is 0 Å². The second-order valence-electron chi connectivity index (χ2n) is 8.32. The molecule has 2 N–H and O–H groups in total. The van der Waals surface area contributed by atoms with E-state index in [1.807, 2.05) is 50.2 Å². The van der Waals surface area contributed by atoms with Crippen molar-refractivity contribution >= 4 is 23.0 Å². The molecule has 0 bridgehead atoms. The zero-order chi connectivity index (χ0) is 26.7. The molecule has 8 heteroatoms. The molecule has 4 aromatic carbocycles. The average molecular weight is 515 g/mol. The van der Waals surface area contributed by atoms with E-state index < -0.39 is 12.2 Å². The molecule has 8 nitrogen and oxygen atoms in total. The zero-order valence-corrected chi connectivity index (χ0v) is 21.4. The highest BCUT2D eigenvalue weighted by Crippen LogP contribution is 2.54. The lowest BCUT2D eigenvalue weighted by atomic mass is 10.1. The van der Waals surface area contributed by atoms with Gasteiger partial charge in [0.1, 0.15) is 11.5 Å². The Hall–Kier alpha value is -4.72. The summed E-state index contributed by atoms with van der Waals surface area (Å²) in [5.74, 6) is 1.38. The number of amides is 2. The van der Waals surface area contributed by atoms with Gasteiger partial charge in [-0.25, -0.2) is 9.59 Å². The van der Waals surface area contributed by atoms with Crippen molar-refractivity contribution in [1.82, 2.24) is 10.6 Å². The van der Waals surface area contributed by atoms with E-state index in [0.717, 1.165) is 12.8 Å². The van der Waals surface area contributed by atoms with Gasteiger partial charge in [-0.1, -0.05) is 74.5 Å². The molecule has 0 aliphatic heterocycles. The van der Waals surface area contributed by atoms with E-state index in [4.69, 9.17) is 18.9 Å². The summed E-state index contributed by atoms with van der Waals surface area (Å²) < 4.78 is 24.2. The number of benzene rings is 4. The van der Waals surface area contributed by atoms with Crippen LogP contribution in [0.2, 0.25) is 0 Å². The molecule has 0 spiro atoms. The van der Waals surface area contributed by atoms with Crippen LogP contribution in [0.25, 0.3) is 10.8 Å². The minimum absolute atomic E-state index is 0.0868. The second kappa shape index (κ2) is 13.0. The molecule has 0 fully saturated rings. The smallest absolute Gasteiger partial charge is 0.412 e.